The van der Waals surface area contributed by atoms with Crippen LogP contribution in [0.25, 0.3) is 0 Å². The predicted octanol–water partition coefficient (Wildman–Crippen LogP) is 1.03. The van der Waals surface area contributed by atoms with Crippen LogP contribution in [0, 0.1) is 5.92 Å². The van der Waals surface area contributed by atoms with E-state index >= 15 is 0 Å². The monoisotopic (exact) mass is 216 g/mol. The van der Waals surface area contributed by atoms with Gasteiger partial charge in [-0.25, -0.2) is 0 Å². The van der Waals surface area contributed by atoms with Crippen molar-refractivity contribution in [1.29, 1.82) is 0 Å². The molecule has 0 rings (SSSR count). The van der Waals surface area contributed by atoms with Crippen LogP contribution in [0.4, 0.5) is 0 Å². The van der Waals surface area contributed by atoms with Gasteiger partial charge in [0.2, 0.25) is 0 Å². The Morgan fingerprint density at radius 2 is 1.80 bits per heavy atom. The first-order valence-electron chi connectivity index (χ1n) is 5.52. The molecule has 15 heavy (non-hydrogen) atoms. The summed E-state index contributed by atoms with van der Waals surface area (Å²) < 4.78 is 0. The summed E-state index contributed by atoms with van der Waals surface area (Å²) in [6, 6.07) is -0.103. The number of aliphatic carboxylic acids is 1. The fourth-order valence-corrected chi connectivity index (χ4v) is 1.49. The number of likely N-dealkylation sites (N-methyl/N-ethyl adjacent to an activating group) is 1. The number of hydrogen-bond acceptors (Lipinski definition) is 3. The fraction of sp³-hybridized carbons (Fsp3) is 0.909. The Hall–Kier alpha value is -0.610. The molecule has 0 amide bonds. The van der Waals surface area contributed by atoms with Gasteiger partial charge in [0.15, 0.2) is 0 Å². The summed E-state index contributed by atoms with van der Waals surface area (Å²) >= 11 is 0. The van der Waals surface area contributed by atoms with Crippen molar-refractivity contribution in [3.05, 3.63) is 0 Å². The Morgan fingerprint density at radius 1 is 1.27 bits per heavy atom. The smallest absolute Gasteiger partial charge is 0.322 e. The summed E-state index contributed by atoms with van der Waals surface area (Å²) in [4.78, 5) is 13.1. The molecule has 0 radical (unpaired) electrons. The fourth-order valence-electron chi connectivity index (χ4n) is 1.49. The van der Waals surface area contributed by atoms with E-state index in [1.54, 1.807) is 7.05 Å². The maximum Gasteiger partial charge on any atom is 0.322 e. The van der Waals surface area contributed by atoms with E-state index < -0.39 is 12.0 Å². The zero-order valence-electron chi connectivity index (χ0n) is 10.4. The predicted molar refractivity (Wildman–Crippen MR) is 62.0 cm³/mol. The number of nitrogens with one attached hydrogen (secondary N) is 1. The molecule has 2 N–H and O–H groups in total. The van der Waals surface area contributed by atoms with E-state index in [0.29, 0.717) is 18.5 Å². The minimum absolute atomic E-state index is 0.377. The van der Waals surface area contributed by atoms with E-state index in [1.807, 2.05) is 0 Å². The van der Waals surface area contributed by atoms with Crippen molar-refractivity contribution in [3.8, 4) is 0 Å². The minimum atomic E-state index is -0.785. The summed E-state index contributed by atoms with van der Waals surface area (Å²) in [5.74, 6) is -0.231. The van der Waals surface area contributed by atoms with Gasteiger partial charge in [-0.3, -0.25) is 9.69 Å². The molecule has 1 atom stereocenters. The molecular formula is C11H24N2O2. The van der Waals surface area contributed by atoms with E-state index in [9.17, 15) is 4.79 Å². The van der Waals surface area contributed by atoms with Crippen molar-refractivity contribution < 1.29 is 9.90 Å². The summed E-state index contributed by atoms with van der Waals surface area (Å²) in [6.45, 7) is 9.97. The van der Waals surface area contributed by atoms with Crippen molar-refractivity contribution >= 4 is 5.97 Å². The standard InChI is InChI=1S/C11H24N2O2/c1-8(2)6-13(9(3)4)7-10(12-5)11(14)15/h8-10,12H,6-7H2,1-5H3,(H,14,15). The van der Waals surface area contributed by atoms with Crippen LogP contribution in [0.1, 0.15) is 27.7 Å². The van der Waals surface area contributed by atoms with Crippen LogP contribution in [-0.4, -0.2) is 48.2 Å². The molecule has 0 aromatic heterocycles. The molecule has 4 heteroatoms. The second-order valence-electron chi connectivity index (χ2n) is 4.62. The topological polar surface area (TPSA) is 52.6 Å². The van der Waals surface area contributed by atoms with Gasteiger partial charge < -0.3 is 10.4 Å². The van der Waals surface area contributed by atoms with Gasteiger partial charge in [0.25, 0.3) is 0 Å². The third-order valence-corrected chi connectivity index (χ3v) is 2.39. The van der Waals surface area contributed by atoms with Crippen molar-refractivity contribution in [2.24, 2.45) is 5.92 Å². The zero-order valence-corrected chi connectivity index (χ0v) is 10.4. The molecule has 0 aromatic rings. The average Bonchev–Trinajstić information content (AvgIpc) is 2.10. The largest absolute Gasteiger partial charge is 0.480 e. The molecule has 0 fully saturated rings. The summed E-state index contributed by atoms with van der Waals surface area (Å²) in [5.41, 5.74) is 0. The normalized spacial score (nSPS) is 13.9. The van der Waals surface area contributed by atoms with Crippen LogP contribution < -0.4 is 5.32 Å². The van der Waals surface area contributed by atoms with E-state index in [4.69, 9.17) is 5.11 Å². The SMILES string of the molecule is CNC(CN(CC(C)C)C(C)C)C(=O)O. The first-order chi connectivity index (χ1) is 6.88. The van der Waals surface area contributed by atoms with Crippen LogP contribution in [0.3, 0.4) is 0 Å². The van der Waals surface area contributed by atoms with Gasteiger partial charge in [-0.05, 0) is 26.8 Å². The lowest BCUT2D eigenvalue weighted by molar-refractivity contribution is -0.140. The van der Waals surface area contributed by atoms with E-state index in [-0.39, 0.29) is 0 Å². The molecule has 0 saturated heterocycles. The number of carbonyl (C=O) groups is 1. The number of nitrogens with zero attached hydrogens (tertiary/aromatic N) is 1. The Bertz CT molecular complexity index is 193. The quantitative estimate of drug-likeness (QED) is 0.667. The summed E-state index contributed by atoms with van der Waals surface area (Å²) in [7, 11) is 1.69. The van der Waals surface area contributed by atoms with Crippen LogP contribution in [0.2, 0.25) is 0 Å². The lowest BCUT2D eigenvalue weighted by Gasteiger charge is -2.30. The molecule has 0 heterocycles. The highest BCUT2D eigenvalue weighted by atomic mass is 16.4. The van der Waals surface area contributed by atoms with E-state index in [1.165, 1.54) is 0 Å². The molecule has 0 aliphatic heterocycles. The van der Waals surface area contributed by atoms with Crippen molar-refractivity contribution in [1.82, 2.24) is 10.2 Å². The highest BCUT2D eigenvalue weighted by Gasteiger charge is 2.21. The van der Waals surface area contributed by atoms with Crippen LogP contribution in [0.5, 0.6) is 0 Å². The van der Waals surface area contributed by atoms with Crippen molar-refractivity contribution in [2.45, 2.75) is 39.8 Å². The van der Waals surface area contributed by atoms with Gasteiger partial charge in [0.1, 0.15) is 6.04 Å². The average molecular weight is 216 g/mol. The van der Waals surface area contributed by atoms with Gasteiger partial charge in [-0.1, -0.05) is 13.8 Å². The lowest BCUT2D eigenvalue weighted by atomic mass is 10.1. The van der Waals surface area contributed by atoms with Crippen LogP contribution >= 0.6 is 0 Å². The Balaban J connectivity index is 4.31. The highest BCUT2D eigenvalue weighted by Crippen LogP contribution is 2.05. The Labute approximate surface area is 92.7 Å². The zero-order chi connectivity index (χ0) is 12.0. The molecular weight excluding hydrogens is 192 g/mol. The van der Waals surface area contributed by atoms with E-state index in [0.717, 1.165) is 6.54 Å². The Morgan fingerprint density at radius 3 is 2.07 bits per heavy atom. The van der Waals surface area contributed by atoms with Gasteiger partial charge in [0, 0.05) is 19.1 Å². The molecule has 0 aliphatic carbocycles. The number of carboxylic acid groups (broad SMARTS) is 1. The Kier molecular flexibility index (Phi) is 6.52. The van der Waals surface area contributed by atoms with Crippen molar-refractivity contribution in [2.75, 3.05) is 20.1 Å². The molecule has 0 bridgehead atoms. The molecule has 0 aliphatic rings. The molecule has 4 nitrogen and oxygen atoms in total. The molecule has 90 valence electrons. The third-order valence-electron chi connectivity index (χ3n) is 2.39. The molecule has 0 aromatic carbocycles. The van der Waals surface area contributed by atoms with Crippen LogP contribution in [-0.2, 0) is 4.79 Å². The minimum Gasteiger partial charge on any atom is -0.480 e. The maximum atomic E-state index is 10.9. The highest BCUT2D eigenvalue weighted by molar-refractivity contribution is 5.73. The molecule has 0 saturated carbocycles. The second-order valence-corrected chi connectivity index (χ2v) is 4.62. The van der Waals surface area contributed by atoms with Gasteiger partial charge in [-0.15, -0.1) is 0 Å². The third kappa shape index (κ3) is 5.74. The van der Waals surface area contributed by atoms with Gasteiger partial charge >= 0.3 is 5.97 Å². The number of rotatable bonds is 7. The van der Waals surface area contributed by atoms with Gasteiger partial charge in [-0.2, -0.15) is 0 Å². The first kappa shape index (κ1) is 14.4. The second kappa shape index (κ2) is 6.80. The van der Waals surface area contributed by atoms with Gasteiger partial charge in [0.05, 0.1) is 0 Å². The van der Waals surface area contributed by atoms with Crippen molar-refractivity contribution in [3.63, 3.8) is 0 Å². The summed E-state index contributed by atoms with van der Waals surface area (Å²) in [6.07, 6.45) is 0. The maximum absolute atomic E-state index is 10.9. The lowest BCUT2D eigenvalue weighted by Crippen LogP contribution is -2.47. The number of carboxylic acids is 1. The van der Waals surface area contributed by atoms with Crippen LogP contribution in [0.15, 0.2) is 0 Å². The number of hydrogen-bond donors (Lipinski definition) is 2. The molecule has 0 spiro atoms. The molecule has 1 unspecified atom stereocenters. The first-order valence-corrected chi connectivity index (χ1v) is 5.52. The van der Waals surface area contributed by atoms with E-state index in [2.05, 4.69) is 37.9 Å². The summed E-state index contributed by atoms with van der Waals surface area (Å²) in [5, 5.41) is 11.8.